The van der Waals surface area contributed by atoms with Crippen molar-refractivity contribution in [1.82, 2.24) is 9.44 Å². The lowest BCUT2D eigenvalue weighted by atomic mass is 10.1. The highest BCUT2D eigenvalue weighted by atomic mass is 35.5. The van der Waals surface area contributed by atoms with E-state index in [2.05, 4.69) is 15.4 Å². The molecule has 63 heavy (non-hydrogen) atoms. The molecule has 0 spiro atoms. The van der Waals surface area contributed by atoms with E-state index in [1.54, 1.807) is 103 Å². The van der Waals surface area contributed by atoms with E-state index in [0.29, 0.717) is 54.0 Å². The maximum Gasteiger partial charge on any atom is 0.311 e. The second-order valence-electron chi connectivity index (χ2n) is 13.2. The van der Waals surface area contributed by atoms with Gasteiger partial charge in [-0.3, -0.25) is 9.59 Å². The number of nitrogens with one attached hydrogen (secondary N) is 4. The smallest absolute Gasteiger partial charge is 0.311 e. The molecule has 0 radical (unpaired) electrons. The van der Waals surface area contributed by atoms with Gasteiger partial charge < -0.3 is 25.6 Å². The molecule has 6 aromatic rings. The Balaban J connectivity index is 0.000000230. The average molecular weight is 977 g/mol. The second kappa shape index (κ2) is 24.0. The van der Waals surface area contributed by atoms with Gasteiger partial charge in [-0.1, -0.05) is 130 Å². The Morgan fingerprint density at radius 3 is 1.32 bits per heavy atom. The molecule has 0 atom stereocenters. The topological polar surface area (TPSA) is 200 Å². The maximum absolute atomic E-state index is 12.3. The molecule has 0 bridgehead atoms. The Morgan fingerprint density at radius 2 is 0.921 bits per heavy atom. The van der Waals surface area contributed by atoms with Gasteiger partial charge in [0.1, 0.15) is 6.73 Å². The fraction of sp³-hybridized carbons (Fsp3) is 0.136. The van der Waals surface area contributed by atoms with Crippen molar-refractivity contribution in [2.24, 2.45) is 0 Å². The number of aryl methyl sites for hydroxylation is 2. The molecule has 13 nitrogen and oxygen atoms in total. The number of para-hydroxylation sites is 4. The lowest BCUT2D eigenvalue weighted by Gasteiger charge is -2.14. The van der Waals surface area contributed by atoms with E-state index in [9.17, 15) is 26.4 Å². The van der Waals surface area contributed by atoms with Crippen molar-refractivity contribution in [2.45, 2.75) is 36.5 Å². The number of halogens is 4. The van der Waals surface area contributed by atoms with Crippen molar-refractivity contribution >= 4 is 101 Å². The van der Waals surface area contributed by atoms with Gasteiger partial charge in [0.05, 0.1) is 54.1 Å². The number of carbonyl (C=O) groups excluding carboxylic acids is 1. The lowest BCUT2D eigenvalue weighted by Crippen LogP contribution is -2.28. The molecular weight excluding hydrogens is 934 g/mol. The number of aliphatic hydroxyl groups excluding tert-OH is 1. The highest BCUT2D eigenvalue weighted by Gasteiger charge is 2.17. The zero-order chi connectivity index (χ0) is 46.2. The molecule has 0 saturated heterocycles. The van der Waals surface area contributed by atoms with E-state index >= 15 is 0 Å². The van der Waals surface area contributed by atoms with E-state index in [4.69, 9.17) is 61.4 Å². The summed E-state index contributed by atoms with van der Waals surface area (Å²) in [4.78, 5) is 23.4. The molecule has 0 heterocycles. The van der Waals surface area contributed by atoms with Gasteiger partial charge >= 0.3 is 11.9 Å². The van der Waals surface area contributed by atoms with Gasteiger partial charge in [-0.2, -0.15) is 9.44 Å². The Morgan fingerprint density at radius 1 is 0.540 bits per heavy atom. The van der Waals surface area contributed by atoms with Crippen molar-refractivity contribution in [1.29, 1.82) is 0 Å². The first-order chi connectivity index (χ1) is 29.9. The van der Waals surface area contributed by atoms with Gasteiger partial charge in [-0.25, -0.2) is 16.8 Å². The minimum Gasteiger partial charge on any atom is -0.481 e. The van der Waals surface area contributed by atoms with Crippen LogP contribution in [0.3, 0.4) is 0 Å². The summed E-state index contributed by atoms with van der Waals surface area (Å²) in [6.07, 6.45) is -0.136. The van der Waals surface area contributed by atoms with Crippen LogP contribution in [0.15, 0.2) is 143 Å². The zero-order valence-corrected chi connectivity index (χ0v) is 38.3. The number of hydrogen-bond acceptors (Lipinski definition) is 10. The van der Waals surface area contributed by atoms with Crippen molar-refractivity contribution in [3.8, 4) is 0 Å². The summed E-state index contributed by atoms with van der Waals surface area (Å²) < 4.78 is 56.4. The van der Waals surface area contributed by atoms with Crippen LogP contribution in [0.1, 0.15) is 22.3 Å². The van der Waals surface area contributed by atoms with Crippen LogP contribution in [-0.4, -0.2) is 52.4 Å². The standard InChI is InChI=1S/C22H20Cl2N2O4S.C14H11Cl2NO2.C8H11NO3S/c1-15-9-11-17(12-10-15)31(28,29)25-14-30-21(27)13-16-5-2-3-8-20(16)26-22-18(23)6-4-7-19(22)24;15-10-5-3-6-11(16)14(10)17-12-7-2-1-4-9(12)8-13(18)19;1-7-2-4-8(5-3-7)13(11,12)9-6-10/h2-12,25-26H,13-14H2,1H3;1-7,17H,8H2,(H,18,19);2-5,9-10H,6H2,1H3. The third-order valence-corrected chi connectivity index (χ3v) is 12.6. The third kappa shape index (κ3) is 15.8. The second-order valence-corrected chi connectivity index (χ2v) is 18.4. The molecule has 6 N–H and O–H groups in total. The minimum absolute atomic E-state index is 0.0642. The van der Waals surface area contributed by atoms with Gasteiger partial charge in [-0.15, -0.1) is 0 Å². The fourth-order valence-corrected chi connectivity index (χ4v) is 8.03. The van der Waals surface area contributed by atoms with Crippen molar-refractivity contribution in [3.05, 3.63) is 176 Å². The predicted molar refractivity (Wildman–Crippen MR) is 248 cm³/mol. The van der Waals surface area contributed by atoms with Crippen LogP contribution in [-0.2, 0) is 47.2 Å². The molecule has 0 fully saturated rings. The summed E-state index contributed by atoms with van der Waals surface area (Å²) >= 11 is 24.6. The number of carboxylic acid groups (broad SMARTS) is 1. The monoisotopic (exact) mass is 974 g/mol. The number of carboxylic acids is 1. The number of benzene rings is 6. The first kappa shape index (κ1) is 50.4. The summed E-state index contributed by atoms with van der Waals surface area (Å²) in [6.45, 7) is 2.67. The van der Waals surface area contributed by atoms with Gasteiger partial charge in [0.15, 0.2) is 6.73 Å². The Labute approximate surface area is 386 Å². The number of aliphatic hydroxyl groups is 1. The van der Waals surface area contributed by atoms with Crippen molar-refractivity contribution in [3.63, 3.8) is 0 Å². The van der Waals surface area contributed by atoms with Crippen molar-refractivity contribution in [2.75, 3.05) is 24.1 Å². The van der Waals surface area contributed by atoms with Crippen LogP contribution in [0.5, 0.6) is 0 Å². The van der Waals surface area contributed by atoms with Crippen LogP contribution < -0.4 is 20.1 Å². The number of rotatable bonds is 15. The first-order valence-electron chi connectivity index (χ1n) is 18.6. The Kier molecular flexibility index (Phi) is 19.2. The molecule has 19 heteroatoms. The van der Waals surface area contributed by atoms with E-state index in [-0.39, 0.29) is 22.6 Å². The average Bonchev–Trinajstić information content (AvgIpc) is 3.22. The van der Waals surface area contributed by atoms with Crippen LogP contribution >= 0.6 is 46.4 Å². The minimum atomic E-state index is -3.77. The molecule has 0 aliphatic rings. The first-order valence-corrected chi connectivity index (χ1v) is 23.1. The van der Waals surface area contributed by atoms with Gasteiger partial charge in [0, 0.05) is 11.4 Å². The van der Waals surface area contributed by atoms with Crippen LogP contribution in [0.25, 0.3) is 0 Å². The van der Waals surface area contributed by atoms with E-state index in [0.717, 1.165) is 11.1 Å². The molecule has 0 aromatic heterocycles. The summed E-state index contributed by atoms with van der Waals surface area (Å²) in [7, 11) is -7.30. The van der Waals surface area contributed by atoms with Crippen LogP contribution in [0, 0.1) is 13.8 Å². The summed E-state index contributed by atoms with van der Waals surface area (Å²) in [6, 6.07) is 37.3. The summed E-state index contributed by atoms with van der Waals surface area (Å²) in [5.74, 6) is -1.48. The van der Waals surface area contributed by atoms with Gasteiger partial charge in [-0.05, 0) is 85.6 Å². The van der Waals surface area contributed by atoms with Gasteiger partial charge in [0.25, 0.3) is 0 Å². The van der Waals surface area contributed by atoms with Crippen LogP contribution in [0.4, 0.5) is 22.7 Å². The molecular formula is C44H42Cl4N4O9S2. The molecule has 0 aliphatic heterocycles. The summed E-state index contributed by atoms with van der Waals surface area (Å²) in [5.41, 5.74) is 5.66. The molecule has 332 valence electrons. The molecule has 0 unspecified atom stereocenters. The number of esters is 1. The third-order valence-electron chi connectivity index (χ3n) is 8.56. The number of sulfonamides is 2. The lowest BCUT2D eigenvalue weighted by molar-refractivity contribution is -0.143. The highest BCUT2D eigenvalue weighted by Crippen LogP contribution is 2.35. The molecule has 6 aromatic carbocycles. The molecule has 6 rings (SSSR count). The van der Waals surface area contributed by atoms with Crippen LogP contribution in [0.2, 0.25) is 20.1 Å². The summed E-state index contributed by atoms with van der Waals surface area (Å²) in [5, 5.41) is 25.4. The predicted octanol–water partition coefficient (Wildman–Crippen LogP) is 9.65. The Bertz CT molecular complexity index is 2690. The maximum atomic E-state index is 12.3. The van der Waals surface area contributed by atoms with Crippen molar-refractivity contribution < 1.29 is 41.4 Å². The molecule has 0 aliphatic carbocycles. The SMILES string of the molecule is Cc1ccc(S(=O)(=O)NCO)cc1.Cc1ccc(S(=O)(=O)NCOC(=O)Cc2ccccc2Nc2c(Cl)cccc2Cl)cc1.O=C(O)Cc1ccccc1Nc1c(Cl)cccc1Cl. The largest absolute Gasteiger partial charge is 0.481 e. The molecule has 0 amide bonds. The Hall–Kier alpha value is -5.20. The number of carbonyl (C=O) groups is 2. The van der Waals surface area contributed by atoms with E-state index < -0.39 is 45.4 Å². The number of hydrogen-bond donors (Lipinski definition) is 6. The van der Waals surface area contributed by atoms with Gasteiger partial charge in [0.2, 0.25) is 20.0 Å². The quantitative estimate of drug-likeness (QED) is 0.0423. The highest BCUT2D eigenvalue weighted by molar-refractivity contribution is 7.89. The van der Waals surface area contributed by atoms with E-state index in [1.165, 1.54) is 24.3 Å². The fourth-order valence-electron chi connectivity index (χ4n) is 5.34. The zero-order valence-electron chi connectivity index (χ0n) is 33.6. The number of aliphatic carboxylic acids is 1. The normalized spacial score (nSPS) is 11.0. The molecule has 0 saturated carbocycles. The number of anilines is 4. The van der Waals surface area contributed by atoms with E-state index in [1.807, 2.05) is 24.6 Å². The number of ether oxygens (including phenoxy) is 1.